The summed E-state index contributed by atoms with van der Waals surface area (Å²) in [5, 5.41) is 8.28. The van der Waals surface area contributed by atoms with Crippen LogP contribution in [0.4, 0.5) is 0 Å². The van der Waals surface area contributed by atoms with E-state index in [-0.39, 0.29) is 0 Å². The first kappa shape index (κ1) is 11.6. The zero-order chi connectivity index (χ0) is 10.3. The van der Waals surface area contributed by atoms with Crippen LogP contribution in [0.5, 0.6) is 0 Å². The number of unbranched alkanes of at least 4 members (excludes halogenated alkanes) is 1. The molecular weight excluding hydrogens is 170 g/mol. The van der Waals surface area contributed by atoms with Crippen LogP contribution in [0.25, 0.3) is 0 Å². The number of nitrogens with zero attached hydrogens (tertiary/aromatic N) is 1. The summed E-state index contributed by atoms with van der Waals surface area (Å²) in [5.74, 6) is -0.541. The summed E-state index contributed by atoms with van der Waals surface area (Å²) in [7, 11) is 1.24. The van der Waals surface area contributed by atoms with Gasteiger partial charge >= 0.3 is 5.97 Å². The van der Waals surface area contributed by atoms with Crippen molar-refractivity contribution in [2.45, 2.75) is 26.2 Å². The van der Waals surface area contributed by atoms with Crippen molar-refractivity contribution >= 4 is 12.3 Å². The van der Waals surface area contributed by atoms with Gasteiger partial charge < -0.3 is 9.53 Å². The number of hydrogen-bond donors (Lipinski definition) is 0. The van der Waals surface area contributed by atoms with Crippen LogP contribution in [0.2, 0.25) is 0 Å². The van der Waals surface area contributed by atoms with E-state index in [2.05, 4.69) is 4.74 Å². The maximum atomic E-state index is 11.1. The Labute approximate surface area is 77.5 Å². The van der Waals surface area contributed by atoms with Crippen LogP contribution in [0.1, 0.15) is 26.2 Å². The Kier molecular flexibility index (Phi) is 4.75. The molecule has 0 aliphatic carbocycles. The Bertz CT molecular complexity index is 232. The first-order valence-corrected chi connectivity index (χ1v) is 4.02. The van der Waals surface area contributed by atoms with Gasteiger partial charge in [0, 0.05) is 6.42 Å². The molecule has 72 valence electrons. The summed E-state index contributed by atoms with van der Waals surface area (Å²) in [6, 6.07) is 1.95. The number of methoxy groups -OCH3 is 1. The molecule has 0 fully saturated rings. The van der Waals surface area contributed by atoms with Gasteiger partial charge in [-0.25, -0.2) is 0 Å². The number of carbonyl (C=O) groups is 2. The number of ether oxygens (including phenoxy) is 1. The normalized spacial score (nSPS) is 13.9. The zero-order valence-corrected chi connectivity index (χ0v) is 7.87. The number of carbonyl (C=O) groups excluding carboxylic acids is 2. The van der Waals surface area contributed by atoms with Crippen molar-refractivity contribution in [1.29, 1.82) is 5.26 Å². The molecule has 0 radical (unpaired) electrons. The molecule has 0 saturated heterocycles. The molecule has 0 amide bonds. The highest BCUT2D eigenvalue weighted by Crippen LogP contribution is 2.22. The average molecular weight is 183 g/mol. The predicted molar refractivity (Wildman–Crippen MR) is 45.7 cm³/mol. The molecule has 0 aromatic heterocycles. The minimum Gasteiger partial charge on any atom is -0.468 e. The van der Waals surface area contributed by atoms with Gasteiger partial charge in [0.15, 0.2) is 0 Å². The molecule has 1 unspecified atom stereocenters. The first-order chi connectivity index (χ1) is 6.10. The monoisotopic (exact) mass is 183 g/mol. The summed E-state index contributed by atoms with van der Waals surface area (Å²) in [6.45, 7) is 1.52. The van der Waals surface area contributed by atoms with Crippen molar-refractivity contribution in [3.63, 3.8) is 0 Å². The number of hydrogen-bond acceptors (Lipinski definition) is 4. The van der Waals surface area contributed by atoms with Gasteiger partial charge in [-0.15, -0.1) is 0 Å². The third-order valence-corrected chi connectivity index (χ3v) is 1.90. The quantitative estimate of drug-likeness (QED) is 0.276. The largest absolute Gasteiger partial charge is 0.468 e. The van der Waals surface area contributed by atoms with Crippen LogP contribution in [0.3, 0.4) is 0 Å². The Morgan fingerprint density at radius 3 is 2.69 bits per heavy atom. The van der Waals surface area contributed by atoms with Gasteiger partial charge in [-0.1, -0.05) is 0 Å². The van der Waals surface area contributed by atoms with Crippen molar-refractivity contribution in [2.24, 2.45) is 5.41 Å². The lowest BCUT2D eigenvalue weighted by Crippen LogP contribution is -2.30. The molecule has 4 nitrogen and oxygen atoms in total. The van der Waals surface area contributed by atoms with Gasteiger partial charge in [-0.05, 0) is 19.8 Å². The molecule has 0 bridgehead atoms. The van der Waals surface area contributed by atoms with Gasteiger partial charge in [-0.3, -0.25) is 4.79 Å². The maximum absolute atomic E-state index is 11.1. The lowest BCUT2D eigenvalue weighted by Gasteiger charge is -2.18. The van der Waals surface area contributed by atoms with Crippen molar-refractivity contribution in [2.75, 3.05) is 7.11 Å². The molecule has 0 aliphatic rings. The fraction of sp³-hybridized carbons (Fsp3) is 0.667. The van der Waals surface area contributed by atoms with E-state index in [1.807, 2.05) is 6.07 Å². The molecule has 0 aliphatic heterocycles. The SMILES string of the molecule is COC(=O)C(C)(C=O)CCCC#N. The summed E-state index contributed by atoms with van der Waals surface area (Å²) in [4.78, 5) is 21.8. The van der Waals surface area contributed by atoms with Gasteiger partial charge in [0.05, 0.1) is 13.2 Å². The van der Waals surface area contributed by atoms with Crippen LogP contribution in [0, 0.1) is 16.7 Å². The number of rotatable bonds is 5. The summed E-state index contributed by atoms with van der Waals surface area (Å²) in [6.07, 6.45) is 1.81. The van der Waals surface area contributed by atoms with E-state index in [1.165, 1.54) is 14.0 Å². The van der Waals surface area contributed by atoms with Crippen molar-refractivity contribution < 1.29 is 14.3 Å². The summed E-state index contributed by atoms with van der Waals surface area (Å²) < 4.78 is 4.48. The smallest absolute Gasteiger partial charge is 0.318 e. The van der Waals surface area contributed by atoms with E-state index in [9.17, 15) is 9.59 Å². The highest BCUT2D eigenvalue weighted by Gasteiger charge is 2.33. The van der Waals surface area contributed by atoms with Crippen LogP contribution in [-0.4, -0.2) is 19.4 Å². The molecule has 0 aromatic carbocycles. The lowest BCUT2D eigenvalue weighted by molar-refractivity contribution is -0.154. The molecule has 1 atom stereocenters. The summed E-state index contributed by atoms with van der Waals surface area (Å²) >= 11 is 0. The van der Waals surface area contributed by atoms with Gasteiger partial charge in [0.25, 0.3) is 0 Å². The summed E-state index contributed by atoms with van der Waals surface area (Å²) in [5.41, 5.74) is -1.09. The minimum atomic E-state index is -1.09. The first-order valence-electron chi connectivity index (χ1n) is 4.02. The Morgan fingerprint density at radius 2 is 2.31 bits per heavy atom. The molecule has 0 heterocycles. The molecule has 0 aromatic rings. The maximum Gasteiger partial charge on any atom is 0.318 e. The standard InChI is InChI=1S/C9H13NO3/c1-9(7-11,8(12)13-2)5-3-4-6-10/h7H,3-5H2,1-2H3. The van der Waals surface area contributed by atoms with Gasteiger partial charge in [0.1, 0.15) is 11.7 Å². The fourth-order valence-corrected chi connectivity index (χ4v) is 0.977. The second-order valence-corrected chi connectivity index (χ2v) is 3.04. The number of aldehydes is 1. The molecule has 0 saturated carbocycles. The second kappa shape index (κ2) is 5.31. The van der Waals surface area contributed by atoms with E-state index >= 15 is 0 Å². The Morgan fingerprint density at radius 1 is 1.69 bits per heavy atom. The van der Waals surface area contributed by atoms with Gasteiger partial charge in [-0.2, -0.15) is 5.26 Å². The molecular formula is C9H13NO3. The van der Waals surface area contributed by atoms with Crippen LogP contribution < -0.4 is 0 Å². The molecule has 0 spiro atoms. The van der Waals surface area contributed by atoms with E-state index in [4.69, 9.17) is 5.26 Å². The van der Waals surface area contributed by atoms with Crippen LogP contribution in [-0.2, 0) is 14.3 Å². The van der Waals surface area contributed by atoms with E-state index < -0.39 is 11.4 Å². The molecule has 4 heteroatoms. The van der Waals surface area contributed by atoms with Crippen LogP contribution >= 0.6 is 0 Å². The molecule has 13 heavy (non-hydrogen) atoms. The van der Waals surface area contributed by atoms with Crippen LogP contribution in [0.15, 0.2) is 0 Å². The Hall–Kier alpha value is -1.37. The van der Waals surface area contributed by atoms with Crippen molar-refractivity contribution in [3.05, 3.63) is 0 Å². The Balaban J connectivity index is 4.21. The zero-order valence-electron chi connectivity index (χ0n) is 7.87. The van der Waals surface area contributed by atoms with E-state index in [1.54, 1.807) is 0 Å². The van der Waals surface area contributed by atoms with Crippen molar-refractivity contribution in [3.8, 4) is 6.07 Å². The third-order valence-electron chi connectivity index (χ3n) is 1.90. The highest BCUT2D eigenvalue weighted by molar-refractivity contribution is 5.92. The lowest BCUT2D eigenvalue weighted by atomic mass is 9.87. The average Bonchev–Trinajstić information content (AvgIpc) is 2.16. The number of nitriles is 1. The third kappa shape index (κ3) is 3.24. The fourth-order valence-electron chi connectivity index (χ4n) is 0.977. The minimum absolute atomic E-state index is 0.348. The molecule has 0 rings (SSSR count). The highest BCUT2D eigenvalue weighted by atomic mass is 16.5. The predicted octanol–water partition coefficient (Wildman–Crippen LogP) is 1.06. The second-order valence-electron chi connectivity index (χ2n) is 3.04. The van der Waals surface area contributed by atoms with E-state index in [0.717, 1.165) is 0 Å². The molecule has 0 N–H and O–H groups in total. The van der Waals surface area contributed by atoms with Crippen molar-refractivity contribution in [1.82, 2.24) is 0 Å². The van der Waals surface area contributed by atoms with E-state index in [0.29, 0.717) is 25.5 Å². The van der Waals surface area contributed by atoms with Gasteiger partial charge in [0.2, 0.25) is 0 Å². The topological polar surface area (TPSA) is 67.2 Å². The number of esters is 1.